The number of aliphatic hydroxyl groups is 1. The highest BCUT2D eigenvalue weighted by Gasteiger charge is 2.18. The number of aromatic nitrogens is 1. The molecule has 0 saturated heterocycles. The first-order chi connectivity index (χ1) is 7.70. The number of carbonyl (C=O) groups is 1. The molecule has 0 bridgehead atoms. The molecular formula is C11H18N2O3. The summed E-state index contributed by atoms with van der Waals surface area (Å²) in [4.78, 5) is 11.7. The molecule has 0 aliphatic heterocycles. The third-order valence-corrected chi connectivity index (χ3v) is 2.38. The lowest BCUT2D eigenvalue weighted by Crippen LogP contribution is -2.25. The van der Waals surface area contributed by atoms with Crippen LogP contribution in [0.3, 0.4) is 0 Å². The molecule has 2 N–H and O–H groups in total. The largest absolute Gasteiger partial charge is 0.390 e. The fourth-order valence-electron chi connectivity index (χ4n) is 1.48. The van der Waals surface area contributed by atoms with Gasteiger partial charge in [0.2, 0.25) is 0 Å². The lowest BCUT2D eigenvalue weighted by Gasteiger charge is -2.03. The van der Waals surface area contributed by atoms with Crippen molar-refractivity contribution in [1.82, 2.24) is 10.5 Å². The molecule has 0 aromatic carbocycles. The molecule has 0 spiro atoms. The van der Waals surface area contributed by atoms with Gasteiger partial charge in [0.05, 0.1) is 6.61 Å². The van der Waals surface area contributed by atoms with Gasteiger partial charge in [-0.1, -0.05) is 24.9 Å². The van der Waals surface area contributed by atoms with Gasteiger partial charge < -0.3 is 14.9 Å². The van der Waals surface area contributed by atoms with Crippen LogP contribution in [0.1, 0.15) is 48.0 Å². The quantitative estimate of drug-likeness (QED) is 0.719. The molecule has 5 heteroatoms. The van der Waals surface area contributed by atoms with Crippen molar-refractivity contribution in [2.75, 3.05) is 6.54 Å². The zero-order valence-corrected chi connectivity index (χ0v) is 9.75. The molecule has 0 radical (unpaired) electrons. The number of unbranched alkanes of at least 4 members (excludes halogenated alkanes) is 2. The summed E-state index contributed by atoms with van der Waals surface area (Å²) in [7, 11) is 0. The Balaban J connectivity index is 2.55. The number of nitrogens with one attached hydrogen (secondary N) is 1. The molecule has 1 aromatic heterocycles. The van der Waals surface area contributed by atoms with Crippen molar-refractivity contribution in [3.05, 3.63) is 17.0 Å². The smallest absolute Gasteiger partial charge is 0.256 e. The van der Waals surface area contributed by atoms with Gasteiger partial charge in [-0.3, -0.25) is 4.79 Å². The maximum atomic E-state index is 11.7. The molecule has 0 atom stereocenters. The minimum Gasteiger partial charge on any atom is -0.390 e. The lowest BCUT2D eigenvalue weighted by molar-refractivity contribution is 0.0948. The maximum Gasteiger partial charge on any atom is 0.256 e. The number of aryl methyl sites for hydroxylation is 1. The van der Waals surface area contributed by atoms with Gasteiger partial charge >= 0.3 is 0 Å². The van der Waals surface area contributed by atoms with E-state index in [1.54, 1.807) is 6.92 Å². The van der Waals surface area contributed by atoms with Crippen LogP contribution in [0.15, 0.2) is 4.52 Å². The van der Waals surface area contributed by atoms with Gasteiger partial charge in [-0.15, -0.1) is 0 Å². The van der Waals surface area contributed by atoms with Crippen LogP contribution < -0.4 is 5.32 Å². The Labute approximate surface area is 94.8 Å². The van der Waals surface area contributed by atoms with Crippen LogP contribution in [0.5, 0.6) is 0 Å². The van der Waals surface area contributed by atoms with Crippen molar-refractivity contribution in [2.24, 2.45) is 0 Å². The Kier molecular flexibility index (Phi) is 4.98. The summed E-state index contributed by atoms with van der Waals surface area (Å²) in [5, 5.41) is 15.4. The molecule has 0 saturated carbocycles. The second-order valence-electron chi connectivity index (χ2n) is 3.68. The highest BCUT2D eigenvalue weighted by Crippen LogP contribution is 2.12. The maximum absolute atomic E-state index is 11.7. The summed E-state index contributed by atoms with van der Waals surface area (Å²) in [5.74, 6) is 0.218. The van der Waals surface area contributed by atoms with Crippen molar-refractivity contribution in [3.8, 4) is 0 Å². The van der Waals surface area contributed by atoms with Gasteiger partial charge in [0, 0.05) is 6.54 Å². The lowest BCUT2D eigenvalue weighted by atomic mass is 10.2. The Morgan fingerprint density at radius 1 is 1.50 bits per heavy atom. The summed E-state index contributed by atoms with van der Waals surface area (Å²) >= 11 is 0. The van der Waals surface area contributed by atoms with Crippen LogP contribution in [-0.2, 0) is 6.61 Å². The predicted molar refractivity (Wildman–Crippen MR) is 59.0 cm³/mol. The minimum atomic E-state index is -0.283. The topological polar surface area (TPSA) is 75.4 Å². The molecule has 0 aliphatic rings. The van der Waals surface area contributed by atoms with Gasteiger partial charge in [-0.05, 0) is 13.3 Å². The summed E-state index contributed by atoms with van der Waals surface area (Å²) in [6.07, 6.45) is 3.17. The van der Waals surface area contributed by atoms with Gasteiger partial charge in [-0.25, -0.2) is 0 Å². The number of hydrogen-bond acceptors (Lipinski definition) is 4. The molecule has 0 unspecified atom stereocenters. The average molecular weight is 226 g/mol. The van der Waals surface area contributed by atoms with E-state index in [1.165, 1.54) is 0 Å². The SMILES string of the molecule is CCCCCNC(=O)c1c(CO)noc1C. The van der Waals surface area contributed by atoms with E-state index >= 15 is 0 Å². The predicted octanol–water partition coefficient (Wildman–Crippen LogP) is 1.40. The zero-order valence-electron chi connectivity index (χ0n) is 9.75. The first-order valence-corrected chi connectivity index (χ1v) is 5.54. The molecule has 1 amide bonds. The van der Waals surface area contributed by atoms with E-state index in [4.69, 9.17) is 9.63 Å². The van der Waals surface area contributed by atoms with Crippen molar-refractivity contribution >= 4 is 5.91 Å². The van der Waals surface area contributed by atoms with Crippen LogP contribution in [0.25, 0.3) is 0 Å². The zero-order chi connectivity index (χ0) is 12.0. The van der Waals surface area contributed by atoms with Gasteiger partial charge in [-0.2, -0.15) is 0 Å². The Morgan fingerprint density at radius 2 is 2.25 bits per heavy atom. The van der Waals surface area contributed by atoms with E-state index in [0.29, 0.717) is 23.6 Å². The minimum absolute atomic E-state index is 0.223. The van der Waals surface area contributed by atoms with Crippen LogP contribution in [0, 0.1) is 6.92 Å². The van der Waals surface area contributed by atoms with E-state index in [0.717, 1.165) is 19.3 Å². The number of amides is 1. The summed E-state index contributed by atoms with van der Waals surface area (Å²) in [6, 6.07) is 0. The average Bonchev–Trinajstić information content (AvgIpc) is 2.65. The monoisotopic (exact) mass is 226 g/mol. The second kappa shape index (κ2) is 6.27. The van der Waals surface area contributed by atoms with E-state index in [-0.39, 0.29) is 12.5 Å². The van der Waals surface area contributed by atoms with Crippen LogP contribution in [0.4, 0.5) is 0 Å². The van der Waals surface area contributed by atoms with E-state index < -0.39 is 0 Å². The molecule has 5 nitrogen and oxygen atoms in total. The standard InChI is InChI=1S/C11H18N2O3/c1-3-4-5-6-12-11(15)10-8(2)16-13-9(10)7-14/h14H,3-7H2,1-2H3,(H,12,15). The van der Waals surface area contributed by atoms with Crippen LogP contribution in [0.2, 0.25) is 0 Å². The molecule has 90 valence electrons. The van der Waals surface area contributed by atoms with Crippen molar-refractivity contribution in [3.63, 3.8) is 0 Å². The number of nitrogens with zero attached hydrogens (tertiary/aromatic N) is 1. The van der Waals surface area contributed by atoms with Crippen molar-refractivity contribution in [1.29, 1.82) is 0 Å². The summed E-state index contributed by atoms with van der Waals surface area (Å²) < 4.78 is 4.86. The molecule has 1 aromatic rings. The number of hydrogen-bond donors (Lipinski definition) is 2. The third-order valence-electron chi connectivity index (χ3n) is 2.38. The van der Waals surface area contributed by atoms with Gasteiger partial charge in [0.25, 0.3) is 5.91 Å². The third kappa shape index (κ3) is 3.06. The molecule has 1 heterocycles. The van der Waals surface area contributed by atoms with Crippen LogP contribution >= 0.6 is 0 Å². The number of carbonyl (C=O) groups excluding carboxylic acids is 1. The summed E-state index contributed by atoms with van der Waals surface area (Å²) in [5.41, 5.74) is 0.657. The van der Waals surface area contributed by atoms with Crippen molar-refractivity contribution in [2.45, 2.75) is 39.7 Å². The highest BCUT2D eigenvalue weighted by atomic mass is 16.5. The fourth-order valence-corrected chi connectivity index (χ4v) is 1.48. The number of aliphatic hydroxyl groups excluding tert-OH is 1. The normalized spacial score (nSPS) is 10.4. The Hall–Kier alpha value is -1.36. The molecular weight excluding hydrogens is 208 g/mol. The van der Waals surface area contributed by atoms with Crippen LogP contribution in [-0.4, -0.2) is 22.7 Å². The molecule has 1 rings (SSSR count). The van der Waals surface area contributed by atoms with Gasteiger partial charge in [0.15, 0.2) is 0 Å². The Morgan fingerprint density at radius 3 is 2.88 bits per heavy atom. The van der Waals surface area contributed by atoms with Crippen molar-refractivity contribution < 1.29 is 14.4 Å². The second-order valence-corrected chi connectivity index (χ2v) is 3.68. The van der Waals surface area contributed by atoms with E-state index in [9.17, 15) is 4.79 Å². The molecule has 0 fully saturated rings. The fraction of sp³-hybridized carbons (Fsp3) is 0.636. The summed E-state index contributed by atoms with van der Waals surface area (Å²) in [6.45, 7) is 4.13. The highest BCUT2D eigenvalue weighted by molar-refractivity contribution is 5.96. The first kappa shape index (κ1) is 12.7. The molecule has 0 aliphatic carbocycles. The van der Waals surface area contributed by atoms with Gasteiger partial charge in [0.1, 0.15) is 17.0 Å². The Bertz CT molecular complexity index is 347. The van der Waals surface area contributed by atoms with E-state index in [1.807, 2.05) is 0 Å². The van der Waals surface area contributed by atoms with E-state index in [2.05, 4.69) is 17.4 Å². The molecule has 16 heavy (non-hydrogen) atoms. The number of rotatable bonds is 6. The first-order valence-electron chi connectivity index (χ1n) is 5.54.